The van der Waals surface area contributed by atoms with Crippen molar-refractivity contribution in [1.82, 2.24) is 5.32 Å². The molecule has 2 rings (SSSR count). The Balaban J connectivity index is 2.29. The van der Waals surface area contributed by atoms with E-state index in [1.54, 1.807) is 14.0 Å². The van der Waals surface area contributed by atoms with Gasteiger partial charge >= 0.3 is 0 Å². The van der Waals surface area contributed by atoms with E-state index in [4.69, 9.17) is 4.74 Å². The Hall–Kier alpha value is -1.00. The standard InChI is InChI=1S/C17H25F2NO/c1-4-10-20-14(11-17(21-3)8-5-9-17)15-13(18)7-6-12(2)16(15)19/h6-7,14,20H,4-5,8-11H2,1-3H3. The molecule has 1 atom stereocenters. The van der Waals surface area contributed by atoms with Crippen molar-refractivity contribution in [3.05, 3.63) is 34.9 Å². The number of aryl methyl sites for hydroxylation is 1. The van der Waals surface area contributed by atoms with Gasteiger partial charge < -0.3 is 10.1 Å². The van der Waals surface area contributed by atoms with Gasteiger partial charge in [-0.05, 0) is 57.2 Å². The van der Waals surface area contributed by atoms with Crippen LogP contribution < -0.4 is 5.32 Å². The highest BCUT2D eigenvalue weighted by Crippen LogP contribution is 2.42. The fourth-order valence-corrected chi connectivity index (χ4v) is 3.03. The molecule has 1 aromatic carbocycles. The maximum atomic E-state index is 14.4. The zero-order valence-electron chi connectivity index (χ0n) is 13.1. The predicted molar refractivity (Wildman–Crippen MR) is 80.3 cm³/mol. The van der Waals surface area contributed by atoms with Crippen molar-refractivity contribution < 1.29 is 13.5 Å². The highest BCUT2D eigenvalue weighted by Gasteiger charge is 2.40. The van der Waals surface area contributed by atoms with E-state index in [-0.39, 0.29) is 17.2 Å². The molecule has 0 radical (unpaired) electrons. The molecule has 118 valence electrons. The molecule has 0 aromatic heterocycles. The van der Waals surface area contributed by atoms with Crippen LogP contribution in [0, 0.1) is 18.6 Å². The smallest absolute Gasteiger partial charge is 0.133 e. The molecule has 1 aliphatic carbocycles. The van der Waals surface area contributed by atoms with Crippen LogP contribution in [-0.4, -0.2) is 19.3 Å². The summed E-state index contributed by atoms with van der Waals surface area (Å²) in [6.45, 7) is 4.45. The van der Waals surface area contributed by atoms with E-state index in [9.17, 15) is 8.78 Å². The van der Waals surface area contributed by atoms with E-state index in [2.05, 4.69) is 5.32 Å². The summed E-state index contributed by atoms with van der Waals surface area (Å²) in [7, 11) is 1.69. The number of methoxy groups -OCH3 is 1. The number of hydrogen-bond acceptors (Lipinski definition) is 2. The number of hydrogen-bond donors (Lipinski definition) is 1. The lowest BCUT2D eigenvalue weighted by molar-refractivity contribution is -0.0841. The number of benzene rings is 1. The first kappa shape index (κ1) is 16.4. The summed E-state index contributed by atoms with van der Waals surface area (Å²) in [6.07, 6.45) is 4.57. The van der Waals surface area contributed by atoms with E-state index < -0.39 is 11.6 Å². The van der Waals surface area contributed by atoms with Gasteiger partial charge in [-0.15, -0.1) is 0 Å². The number of ether oxygens (including phenoxy) is 1. The fraction of sp³-hybridized carbons (Fsp3) is 0.647. The molecule has 0 aliphatic heterocycles. The lowest BCUT2D eigenvalue weighted by atomic mass is 9.74. The van der Waals surface area contributed by atoms with E-state index in [0.29, 0.717) is 12.0 Å². The highest BCUT2D eigenvalue weighted by molar-refractivity contribution is 5.29. The van der Waals surface area contributed by atoms with E-state index in [1.165, 1.54) is 12.1 Å². The fourth-order valence-electron chi connectivity index (χ4n) is 3.03. The van der Waals surface area contributed by atoms with E-state index >= 15 is 0 Å². The van der Waals surface area contributed by atoms with Crippen molar-refractivity contribution in [1.29, 1.82) is 0 Å². The molecule has 0 saturated heterocycles. The molecule has 4 heteroatoms. The van der Waals surface area contributed by atoms with Gasteiger partial charge in [0.2, 0.25) is 0 Å². The molecule has 0 bridgehead atoms. The predicted octanol–water partition coefficient (Wildman–Crippen LogP) is 4.27. The molecule has 0 amide bonds. The summed E-state index contributed by atoms with van der Waals surface area (Å²) < 4.78 is 34.2. The van der Waals surface area contributed by atoms with Crippen molar-refractivity contribution in [2.75, 3.05) is 13.7 Å². The maximum Gasteiger partial charge on any atom is 0.133 e. The second-order valence-electron chi connectivity index (χ2n) is 6.04. The van der Waals surface area contributed by atoms with Crippen LogP contribution in [0.5, 0.6) is 0 Å². The van der Waals surface area contributed by atoms with E-state index in [1.807, 2.05) is 6.92 Å². The minimum atomic E-state index is -0.475. The zero-order chi connectivity index (χ0) is 15.5. The molecule has 1 N–H and O–H groups in total. The zero-order valence-corrected chi connectivity index (χ0v) is 13.1. The first-order chi connectivity index (χ1) is 10.0. The Bertz CT molecular complexity index is 480. The first-order valence-electron chi connectivity index (χ1n) is 7.76. The van der Waals surface area contributed by atoms with Crippen molar-refractivity contribution in [3.63, 3.8) is 0 Å². The third-order valence-electron chi connectivity index (χ3n) is 4.58. The molecule has 21 heavy (non-hydrogen) atoms. The van der Waals surface area contributed by atoms with E-state index in [0.717, 1.165) is 32.2 Å². The normalized spacial score (nSPS) is 18.3. The summed E-state index contributed by atoms with van der Waals surface area (Å²) >= 11 is 0. The molecule has 1 fully saturated rings. The van der Waals surface area contributed by atoms with Gasteiger partial charge in [0.1, 0.15) is 11.6 Å². The molecule has 1 aliphatic rings. The number of rotatable bonds is 7. The van der Waals surface area contributed by atoms with Gasteiger partial charge in [0, 0.05) is 18.7 Å². The van der Waals surface area contributed by atoms with Crippen molar-refractivity contribution in [2.24, 2.45) is 0 Å². The van der Waals surface area contributed by atoms with Gasteiger partial charge in [-0.2, -0.15) is 0 Å². The molecule has 0 spiro atoms. The van der Waals surface area contributed by atoms with Crippen LogP contribution in [-0.2, 0) is 4.74 Å². The topological polar surface area (TPSA) is 21.3 Å². The second kappa shape index (κ2) is 6.84. The molecule has 2 nitrogen and oxygen atoms in total. The van der Waals surface area contributed by atoms with Crippen LogP contribution in [0.1, 0.15) is 56.2 Å². The summed E-state index contributed by atoms with van der Waals surface area (Å²) in [6, 6.07) is 2.50. The minimum Gasteiger partial charge on any atom is -0.378 e. The third kappa shape index (κ3) is 3.43. The van der Waals surface area contributed by atoms with Gasteiger partial charge in [0.25, 0.3) is 0 Å². The Kier molecular flexibility index (Phi) is 5.33. The van der Waals surface area contributed by atoms with Crippen molar-refractivity contribution >= 4 is 0 Å². The average molecular weight is 297 g/mol. The first-order valence-corrected chi connectivity index (χ1v) is 7.76. The van der Waals surface area contributed by atoms with Crippen molar-refractivity contribution in [2.45, 2.75) is 57.6 Å². The summed E-state index contributed by atoms with van der Waals surface area (Å²) in [5.41, 5.74) is 0.412. The largest absolute Gasteiger partial charge is 0.378 e. The Morgan fingerprint density at radius 1 is 1.33 bits per heavy atom. The van der Waals surface area contributed by atoms with Crippen LogP contribution in [0.15, 0.2) is 12.1 Å². The highest BCUT2D eigenvalue weighted by atomic mass is 19.1. The number of nitrogens with one attached hydrogen (secondary N) is 1. The summed E-state index contributed by atoms with van der Waals surface area (Å²) in [4.78, 5) is 0. The molecule has 1 unspecified atom stereocenters. The maximum absolute atomic E-state index is 14.4. The lowest BCUT2D eigenvalue weighted by Gasteiger charge is -2.43. The van der Waals surface area contributed by atoms with Crippen molar-refractivity contribution in [3.8, 4) is 0 Å². The van der Waals surface area contributed by atoms with Crippen LogP contribution >= 0.6 is 0 Å². The Labute approximate surface area is 125 Å². The molecule has 1 aromatic rings. The molecule has 1 saturated carbocycles. The minimum absolute atomic E-state index is 0.159. The van der Waals surface area contributed by atoms with Gasteiger partial charge in [0.15, 0.2) is 0 Å². The van der Waals surface area contributed by atoms with Crippen LogP contribution in [0.25, 0.3) is 0 Å². The monoisotopic (exact) mass is 297 g/mol. The molecular formula is C17H25F2NO. The van der Waals surface area contributed by atoms with Crippen LogP contribution in [0.3, 0.4) is 0 Å². The van der Waals surface area contributed by atoms with Gasteiger partial charge in [-0.3, -0.25) is 0 Å². The molecule has 0 heterocycles. The summed E-state index contributed by atoms with van der Waals surface area (Å²) in [5, 5.41) is 3.29. The van der Waals surface area contributed by atoms with Gasteiger partial charge in [0.05, 0.1) is 5.60 Å². The quantitative estimate of drug-likeness (QED) is 0.811. The average Bonchev–Trinajstić information content (AvgIpc) is 2.43. The lowest BCUT2D eigenvalue weighted by Crippen LogP contribution is -2.43. The molecular weight excluding hydrogens is 272 g/mol. The van der Waals surface area contributed by atoms with Gasteiger partial charge in [-0.25, -0.2) is 8.78 Å². The van der Waals surface area contributed by atoms with Crippen LogP contribution in [0.2, 0.25) is 0 Å². The SMILES string of the molecule is CCCNC(CC1(OC)CCC1)c1c(F)ccc(C)c1F. The Morgan fingerprint density at radius 3 is 2.57 bits per heavy atom. The second-order valence-corrected chi connectivity index (χ2v) is 6.04. The van der Waals surface area contributed by atoms with Gasteiger partial charge in [-0.1, -0.05) is 13.0 Å². The summed E-state index contributed by atoms with van der Waals surface area (Å²) in [5.74, 6) is -0.911. The Morgan fingerprint density at radius 2 is 2.05 bits per heavy atom. The third-order valence-corrected chi connectivity index (χ3v) is 4.58. The van der Waals surface area contributed by atoms with Crippen LogP contribution in [0.4, 0.5) is 8.78 Å². The number of halogens is 2.